The Kier molecular flexibility index (Phi) is 11.5. The Hall–Kier alpha value is -0.690. The highest BCUT2D eigenvalue weighted by Crippen LogP contribution is 2.08. The molecule has 0 saturated carbocycles. The second kappa shape index (κ2) is 11.9. The molecule has 1 amide bonds. The maximum atomic E-state index is 11.5. The van der Waals surface area contributed by atoms with E-state index in [0.29, 0.717) is 6.54 Å². The third-order valence-corrected chi connectivity index (χ3v) is 3.61. The van der Waals surface area contributed by atoms with Gasteiger partial charge in [-0.2, -0.15) is 0 Å². The first-order valence-electron chi connectivity index (χ1n) is 7.84. The number of carbonyl (C=O) groups is 1. The number of aliphatic hydroxyl groups excluding tert-OH is 4. The van der Waals surface area contributed by atoms with Gasteiger partial charge in [0.05, 0.1) is 6.61 Å². The zero-order valence-electron chi connectivity index (χ0n) is 13.2. The van der Waals surface area contributed by atoms with E-state index in [9.17, 15) is 20.1 Å². The van der Waals surface area contributed by atoms with Gasteiger partial charge in [-0.15, -0.1) is 0 Å². The van der Waals surface area contributed by atoms with E-state index in [4.69, 9.17) is 5.11 Å². The average Bonchev–Trinajstić information content (AvgIpc) is 2.47. The number of amides is 1. The van der Waals surface area contributed by atoms with E-state index < -0.39 is 24.9 Å². The van der Waals surface area contributed by atoms with E-state index in [-0.39, 0.29) is 12.5 Å². The normalized spacial score (nSPS) is 15.5. The Labute approximate surface area is 127 Å². The Bertz CT molecular complexity index is 275. The maximum Gasteiger partial charge on any atom is 0.219 e. The smallest absolute Gasteiger partial charge is 0.219 e. The molecule has 0 fully saturated rings. The molecule has 0 rings (SSSR count). The van der Waals surface area contributed by atoms with Gasteiger partial charge in [0.1, 0.15) is 18.3 Å². The van der Waals surface area contributed by atoms with Crippen molar-refractivity contribution in [3.8, 4) is 0 Å². The predicted octanol–water partition coefficient (Wildman–Crippen LogP) is 0.270. The number of aliphatic hydroxyl groups is 4. The largest absolute Gasteiger partial charge is 0.394 e. The fraction of sp³-hybridized carbons (Fsp3) is 0.933. The molecule has 6 nitrogen and oxygen atoms in total. The Morgan fingerprint density at radius 2 is 1.57 bits per heavy atom. The van der Waals surface area contributed by atoms with E-state index in [2.05, 4.69) is 6.92 Å². The summed E-state index contributed by atoms with van der Waals surface area (Å²) in [7, 11) is 0. The van der Waals surface area contributed by atoms with Crippen LogP contribution >= 0.6 is 0 Å². The lowest BCUT2D eigenvalue weighted by Gasteiger charge is -2.28. The lowest BCUT2D eigenvalue weighted by molar-refractivity contribution is -0.133. The average molecular weight is 305 g/mol. The minimum atomic E-state index is -1.46. The van der Waals surface area contributed by atoms with Crippen LogP contribution in [0.3, 0.4) is 0 Å². The van der Waals surface area contributed by atoms with Gasteiger partial charge in [-0.05, 0) is 6.42 Å². The summed E-state index contributed by atoms with van der Waals surface area (Å²) in [6, 6.07) is 0. The van der Waals surface area contributed by atoms with Crippen molar-refractivity contribution in [1.29, 1.82) is 0 Å². The van der Waals surface area contributed by atoms with E-state index in [1.165, 1.54) is 31.1 Å². The zero-order chi connectivity index (χ0) is 16.3. The van der Waals surface area contributed by atoms with Crippen LogP contribution in [0.2, 0.25) is 0 Å². The second-order valence-corrected chi connectivity index (χ2v) is 5.54. The van der Waals surface area contributed by atoms with Crippen LogP contribution in [-0.4, -0.2) is 69.2 Å². The molecule has 0 bridgehead atoms. The quantitative estimate of drug-likeness (QED) is 0.388. The first-order valence-corrected chi connectivity index (χ1v) is 7.84. The van der Waals surface area contributed by atoms with Crippen LogP contribution in [0.1, 0.15) is 52.4 Å². The molecule has 0 aromatic carbocycles. The predicted molar refractivity (Wildman–Crippen MR) is 80.7 cm³/mol. The van der Waals surface area contributed by atoms with Gasteiger partial charge in [-0.25, -0.2) is 0 Å². The highest BCUT2D eigenvalue weighted by molar-refractivity contribution is 5.73. The Balaban J connectivity index is 4.09. The molecule has 0 aromatic rings. The summed E-state index contributed by atoms with van der Waals surface area (Å²) < 4.78 is 0. The van der Waals surface area contributed by atoms with Crippen LogP contribution in [0, 0.1) is 0 Å². The van der Waals surface area contributed by atoms with E-state index in [1.807, 2.05) is 0 Å². The summed E-state index contributed by atoms with van der Waals surface area (Å²) in [5, 5.41) is 37.4. The van der Waals surface area contributed by atoms with E-state index >= 15 is 0 Å². The van der Waals surface area contributed by atoms with Gasteiger partial charge in [0.25, 0.3) is 0 Å². The molecule has 0 saturated heterocycles. The van der Waals surface area contributed by atoms with Crippen molar-refractivity contribution in [3.05, 3.63) is 0 Å². The van der Waals surface area contributed by atoms with Crippen molar-refractivity contribution in [1.82, 2.24) is 4.90 Å². The van der Waals surface area contributed by atoms with Crippen molar-refractivity contribution in [2.45, 2.75) is 70.7 Å². The number of carbonyl (C=O) groups excluding carboxylic acids is 1. The molecule has 0 aromatic heterocycles. The number of unbranched alkanes of at least 4 members (excludes halogenated alkanes) is 5. The highest BCUT2D eigenvalue weighted by atomic mass is 16.4. The van der Waals surface area contributed by atoms with Gasteiger partial charge in [0.15, 0.2) is 0 Å². The molecular formula is C15H31NO5. The van der Waals surface area contributed by atoms with Crippen molar-refractivity contribution in [3.63, 3.8) is 0 Å². The van der Waals surface area contributed by atoms with Crippen LogP contribution < -0.4 is 0 Å². The van der Waals surface area contributed by atoms with Crippen LogP contribution in [0.4, 0.5) is 0 Å². The summed E-state index contributed by atoms with van der Waals surface area (Å²) in [6.45, 7) is 3.43. The van der Waals surface area contributed by atoms with Crippen LogP contribution in [-0.2, 0) is 4.79 Å². The van der Waals surface area contributed by atoms with Crippen molar-refractivity contribution in [2.75, 3.05) is 19.7 Å². The van der Waals surface area contributed by atoms with Gasteiger partial charge in [-0.3, -0.25) is 4.79 Å². The Morgan fingerprint density at radius 1 is 1.00 bits per heavy atom. The molecule has 0 aliphatic carbocycles. The molecule has 0 radical (unpaired) electrons. The maximum absolute atomic E-state index is 11.5. The lowest BCUT2D eigenvalue weighted by Crippen LogP contribution is -2.47. The van der Waals surface area contributed by atoms with Gasteiger partial charge in [0, 0.05) is 20.0 Å². The summed E-state index contributed by atoms with van der Waals surface area (Å²) in [5.41, 5.74) is 0. The first kappa shape index (κ1) is 20.3. The summed E-state index contributed by atoms with van der Waals surface area (Å²) in [4.78, 5) is 13.0. The number of hydrogen-bond donors (Lipinski definition) is 4. The Morgan fingerprint density at radius 3 is 2.10 bits per heavy atom. The molecule has 21 heavy (non-hydrogen) atoms. The van der Waals surface area contributed by atoms with Crippen LogP contribution in [0.25, 0.3) is 0 Å². The molecule has 3 atom stereocenters. The number of hydrogen-bond acceptors (Lipinski definition) is 5. The summed E-state index contributed by atoms with van der Waals surface area (Å²) in [5.74, 6) is -0.173. The van der Waals surface area contributed by atoms with Gasteiger partial charge in [-0.1, -0.05) is 39.0 Å². The SMILES string of the molecule is CCCCCCCCN(CC(O)C(O)C(O)CO)C(C)=O. The molecule has 0 aliphatic heterocycles. The molecule has 0 spiro atoms. The lowest BCUT2D eigenvalue weighted by atomic mass is 10.1. The summed E-state index contributed by atoms with van der Waals surface area (Å²) >= 11 is 0. The van der Waals surface area contributed by atoms with Gasteiger partial charge in [0.2, 0.25) is 5.91 Å². The van der Waals surface area contributed by atoms with Crippen molar-refractivity contribution in [2.24, 2.45) is 0 Å². The minimum absolute atomic E-state index is 0.0392. The number of nitrogens with zero attached hydrogens (tertiary/aromatic N) is 1. The van der Waals surface area contributed by atoms with Crippen LogP contribution in [0.15, 0.2) is 0 Å². The van der Waals surface area contributed by atoms with Crippen LogP contribution in [0.5, 0.6) is 0 Å². The molecule has 126 valence electrons. The second-order valence-electron chi connectivity index (χ2n) is 5.54. The first-order chi connectivity index (χ1) is 9.93. The fourth-order valence-corrected chi connectivity index (χ4v) is 2.16. The molecule has 4 N–H and O–H groups in total. The standard InChI is InChI=1S/C15H31NO5/c1-3-4-5-6-7-8-9-16(12(2)18)10-13(19)15(21)14(20)11-17/h13-15,17,19-21H,3-11H2,1-2H3. The third kappa shape index (κ3) is 9.03. The molecule has 3 unspecified atom stereocenters. The zero-order valence-corrected chi connectivity index (χ0v) is 13.2. The van der Waals surface area contributed by atoms with E-state index in [1.54, 1.807) is 0 Å². The third-order valence-electron chi connectivity index (χ3n) is 3.61. The van der Waals surface area contributed by atoms with Gasteiger partial charge < -0.3 is 25.3 Å². The van der Waals surface area contributed by atoms with Crippen molar-refractivity contribution >= 4 is 5.91 Å². The molecule has 0 aliphatic rings. The molecule has 0 heterocycles. The molecular weight excluding hydrogens is 274 g/mol. The molecule has 6 heteroatoms. The van der Waals surface area contributed by atoms with Gasteiger partial charge >= 0.3 is 0 Å². The van der Waals surface area contributed by atoms with Crippen molar-refractivity contribution < 1.29 is 25.2 Å². The summed E-state index contributed by atoms with van der Waals surface area (Å²) in [6.07, 6.45) is 2.50. The minimum Gasteiger partial charge on any atom is -0.394 e. The van der Waals surface area contributed by atoms with E-state index in [0.717, 1.165) is 19.3 Å². The monoisotopic (exact) mass is 305 g/mol. The highest BCUT2D eigenvalue weighted by Gasteiger charge is 2.26. The topological polar surface area (TPSA) is 101 Å². The fourth-order valence-electron chi connectivity index (χ4n) is 2.16. The number of rotatable bonds is 12.